The fraction of sp³-hybridized carbons (Fsp3) is 0.667. The molecule has 0 amide bonds. The Bertz CT molecular complexity index is 656. The molecule has 0 bridgehead atoms. The van der Waals surface area contributed by atoms with Gasteiger partial charge < -0.3 is 15.0 Å². The van der Waals surface area contributed by atoms with E-state index in [-0.39, 0.29) is 6.04 Å². The van der Waals surface area contributed by atoms with E-state index in [4.69, 9.17) is 10.5 Å². The van der Waals surface area contributed by atoms with Gasteiger partial charge in [-0.2, -0.15) is 11.8 Å². The summed E-state index contributed by atoms with van der Waals surface area (Å²) in [6.45, 7) is 7.01. The fourth-order valence-corrected chi connectivity index (χ4v) is 4.02. The van der Waals surface area contributed by atoms with Gasteiger partial charge in [-0.1, -0.05) is 13.3 Å². The first-order valence-corrected chi connectivity index (χ1v) is 9.91. The van der Waals surface area contributed by atoms with Gasteiger partial charge in [0.2, 0.25) is 0 Å². The standard InChI is InChI=1S/C18H30N4OS/c1-5-6-9-24-10-7-8-15(11-23-4)22-12-20-16-17(22)13(2)14(3)21-18(16)19/h12,15H,5-11H2,1-4H3,(H2,19,21). The molecular weight excluding hydrogens is 320 g/mol. The van der Waals surface area contributed by atoms with Crippen LogP contribution in [0.1, 0.15) is 49.9 Å². The van der Waals surface area contributed by atoms with E-state index in [9.17, 15) is 0 Å². The minimum Gasteiger partial charge on any atom is -0.383 e. The van der Waals surface area contributed by atoms with Crippen molar-refractivity contribution in [3.05, 3.63) is 17.6 Å². The zero-order valence-electron chi connectivity index (χ0n) is 15.3. The normalized spacial score (nSPS) is 12.8. The maximum atomic E-state index is 6.06. The zero-order chi connectivity index (χ0) is 17.5. The van der Waals surface area contributed by atoms with Gasteiger partial charge in [0.1, 0.15) is 5.52 Å². The van der Waals surface area contributed by atoms with E-state index >= 15 is 0 Å². The van der Waals surface area contributed by atoms with Gasteiger partial charge in [0.15, 0.2) is 5.82 Å². The number of nitrogen functional groups attached to an aromatic ring is 1. The van der Waals surface area contributed by atoms with Crippen molar-refractivity contribution in [2.75, 3.05) is 31.0 Å². The number of methoxy groups -OCH3 is 1. The maximum absolute atomic E-state index is 6.06. The average Bonchev–Trinajstić information content (AvgIpc) is 3.00. The number of aryl methyl sites for hydroxylation is 2. The number of anilines is 1. The molecule has 2 heterocycles. The van der Waals surface area contributed by atoms with Gasteiger partial charge in [-0.15, -0.1) is 0 Å². The van der Waals surface area contributed by atoms with Crippen molar-refractivity contribution in [3.8, 4) is 0 Å². The van der Waals surface area contributed by atoms with Crippen LogP contribution in [0.3, 0.4) is 0 Å². The summed E-state index contributed by atoms with van der Waals surface area (Å²) in [6.07, 6.45) is 6.74. The molecule has 0 saturated carbocycles. The SMILES string of the molecule is CCCCSCCCC(COC)n1cnc2c(N)nc(C)c(C)c21. The summed E-state index contributed by atoms with van der Waals surface area (Å²) in [4.78, 5) is 8.90. The molecule has 1 unspecified atom stereocenters. The third kappa shape index (κ3) is 4.42. The van der Waals surface area contributed by atoms with Gasteiger partial charge in [-0.25, -0.2) is 9.97 Å². The molecule has 0 aliphatic carbocycles. The topological polar surface area (TPSA) is 66.0 Å². The molecule has 1 atom stereocenters. The largest absolute Gasteiger partial charge is 0.383 e. The van der Waals surface area contributed by atoms with Crippen molar-refractivity contribution >= 4 is 28.6 Å². The molecule has 134 valence electrons. The number of thioether (sulfide) groups is 1. The minimum atomic E-state index is 0.284. The van der Waals surface area contributed by atoms with Crippen LogP contribution >= 0.6 is 11.8 Å². The Labute approximate surface area is 149 Å². The number of nitrogens with two attached hydrogens (primary N) is 1. The second-order valence-corrected chi connectivity index (χ2v) is 7.50. The van der Waals surface area contributed by atoms with E-state index in [1.807, 2.05) is 13.3 Å². The van der Waals surface area contributed by atoms with Crippen LogP contribution in [0.15, 0.2) is 6.33 Å². The van der Waals surface area contributed by atoms with Crippen molar-refractivity contribution in [1.82, 2.24) is 14.5 Å². The molecule has 0 saturated heterocycles. The Balaban J connectivity index is 2.14. The van der Waals surface area contributed by atoms with Gasteiger partial charge in [0.25, 0.3) is 0 Å². The van der Waals surface area contributed by atoms with Crippen molar-refractivity contribution in [2.24, 2.45) is 0 Å². The summed E-state index contributed by atoms with van der Waals surface area (Å²) >= 11 is 2.05. The molecule has 0 radical (unpaired) electrons. The molecule has 0 aromatic carbocycles. The number of pyridine rings is 1. The Morgan fingerprint density at radius 1 is 1.29 bits per heavy atom. The first-order valence-electron chi connectivity index (χ1n) is 8.76. The highest BCUT2D eigenvalue weighted by Gasteiger charge is 2.18. The van der Waals surface area contributed by atoms with E-state index < -0.39 is 0 Å². The number of ether oxygens (including phenoxy) is 1. The number of nitrogens with zero attached hydrogens (tertiary/aromatic N) is 3. The summed E-state index contributed by atoms with van der Waals surface area (Å²) in [5.41, 5.74) is 10.1. The molecule has 0 aliphatic rings. The van der Waals surface area contributed by atoms with Crippen LogP contribution in [-0.4, -0.2) is 39.8 Å². The number of hydrogen-bond acceptors (Lipinski definition) is 5. The molecule has 2 aromatic heterocycles. The maximum Gasteiger partial charge on any atom is 0.151 e. The third-order valence-corrected chi connectivity index (χ3v) is 5.60. The first-order chi connectivity index (χ1) is 11.6. The van der Waals surface area contributed by atoms with Crippen LogP contribution in [-0.2, 0) is 4.74 Å². The van der Waals surface area contributed by atoms with Crippen molar-refractivity contribution in [2.45, 2.75) is 52.5 Å². The predicted molar refractivity (Wildman–Crippen MR) is 104 cm³/mol. The van der Waals surface area contributed by atoms with E-state index in [0.717, 1.165) is 28.7 Å². The van der Waals surface area contributed by atoms with E-state index in [0.29, 0.717) is 12.4 Å². The summed E-state index contributed by atoms with van der Waals surface area (Å²) < 4.78 is 7.70. The molecule has 0 aliphatic heterocycles. The summed E-state index contributed by atoms with van der Waals surface area (Å²) in [5, 5.41) is 0. The van der Waals surface area contributed by atoms with Crippen LogP contribution in [0.4, 0.5) is 5.82 Å². The molecule has 0 spiro atoms. The van der Waals surface area contributed by atoms with Crippen molar-refractivity contribution in [1.29, 1.82) is 0 Å². The van der Waals surface area contributed by atoms with Gasteiger partial charge >= 0.3 is 0 Å². The Kier molecular flexibility index (Phi) is 7.37. The van der Waals surface area contributed by atoms with Gasteiger partial charge in [-0.3, -0.25) is 0 Å². The zero-order valence-corrected chi connectivity index (χ0v) is 16.2. The second kappa shape index (κ2) is 9.28. The quantitative estimate of drug-likeness (QED) is 0.653. The summed E-state index contributed by atoms with van der Waals surface area (Å²) in [7, 11) is 1.76. The predicted octanol–water partition coefficient (Wildman–Crippen LogP) is 4.13. The van der Waals surface area contributed by atoms with Crippen molar-refractivity contribution in [3.63, 3.8) is 0 Å². The van der Waals surface area contributed by atoms with E-state index in [1.165, 1.54) is 30.8 Å². The van der Waals surface area contributed by atoms with Crippen LogP contribution < -0.4 is 5.73 Å². The Morgan fingerprint density at radius 3 is 2.75 bits per heavy atom. The highest BCUT2D eigenvalue weighted by molar-refractivity contribution is 7.99. The minimum absolute atomic E-state index is 0.284. The molecular formula is C18H30N4OS. The third-order valence-electron chi connectivity index (χ3n) is 4.44. The second-order valence-electron chi connectivity index (χ2n) is 6.27. The summed E-state index contributed by atoms with van der Waals surface area (Å²) in [6, 6.07) is 0.284. The fourth-order valence-electron chi connectivity index (χ4n) is 2.95. The van der Waals surface area contributed by atoms with Crippen LogP contribution in [0.2, 0.25) is 0 Å². The molecule has 6 heteroatoms. The number of rotatable bonds is 10. The lowest BCUT2D eigenvalue weighted by atomic mass is 10.1. The van der Waals surface area contributed by atoms with Gasteiger partial charge in [0.05, 0.1) is 24.5 Å². The number of aromatic nitrogens is 3. The lowest BCUT2D eigenvalue weighted by Crippen LogP contribution is -2.15. The highest BCUT2D eigenvalue weighted by Crippen LogP contribution is 2.28. The smallest absolute Gasteiger partial charge is 0.151 e. The lowest BCUT2D eigenvalue weighted by molar-refractivity contribution is 0.152. The molecule has 2 N–H and O–H groups in total. The average molecular weight is 351 g/mol. The van der Waals surface area contributed by atoms with Crippen molar-refractivity contribution < 1.29 is 4.74 Å². The van der Waals surface area contributed by atoms with Crippen LogP contribution in [0.5, 0.6) is 0 Å². The van der Waals surface area contributed by atoms with E-state index in [1.54, 1.807) is 7.11 Å². The monoisotopic (exact) mass is 350 g/mol. The lowest BCUT2D eigenvalue weighted by Gasteiger charge is -2.20. The Hall–Kier alpha value is -1.27. The van der Waals surface area contributed by atoms with Crippen LogP contribution in [0, 0.1) is 13.8 Å². The molecule has 0 fully saturated rings. The molecule has 2 aromatic rings. The number of imidazole rings is 1. The van der Waals surface area contributed by atoms with Crippen LogP contribution in [0.25, 0.3) is 11.0 Å². The highest BCUT2D eigenvalue weighted by atomic mass is 32.2. The number of fused-ring (bicyclic) bond motifs is 1. The Morgan fingerprint density at radius 2 is 2.04 bits per heavy atom. The molecule has 2 rings (SSSR count). The first kappa shape index (κ1) is 19.1. The number of unbranched alkanes of at least 4 members (excludes halogenated alkanes) is 1. The van der Waals surface area contributed by atoms with Gasteiger partial charge in [0, 0.05) is 12.8 Å². The summed E-state index contributed by atoms with van der Waals surface area (Å²) in [5.74, 6) is 2.98. The molecule has 5 nitrogen and oxygen atoms in total. The van der Waals surface area contributed by atoms with Gasteiger partial charge in [-0.05, 0) is 50.2 Å². The van der Waals surface area contributed by atoms with E-state index in [2.05, 4.69) is 40.1 Å². The molecule has 24 heavy (non-hydrogen) atoms. The number of hydrogen-bond donors (Lipinski definition) is 1.